The first kappa shape index (κ1) is 27.0. The number of hydrogen-bond donors (Lipinski definition) is 2. The van der Waals surface area contributed by atoms with Crippen molar-refractivity contribution in [2.45, 2.75) is 133 Å². The smallest absolute Gasteiger partial charge is 0.0339 e. The molecule has 8 atom stereocenters. The second-order valence-corrected chi connectivity index (χ2v) is 15.6. The molecule has 2 N–H and O–H groups in total. The maximum Gasteiger partial charge on any atom is 0.0339 e. The Bertz CT molecular complexity index is 735. The third kappa shape index (κ3) is 4.44. The van der Waals surface area contributed by atoms with E-state index in [4.69, 9.17) is 0 Å². The Morgan fingerprint density at radius 3 is 2.00 bits per heavy atom. The van der Waals surface area contributed by atoms with Gasteiger partial charge in [-0.25, -0.2) is 0 Å². The molecular formula is C32H60N2. The van der Waals surface area contributed by atoms with Crippen molar-refractivity contribution in [2.75, 3.05) is 19.6 Å². The van der Waals surface area contributed by atoms with Crippen LogP contribution in [0.2, 0.25) is 0 Å². The van der Waals surface area contributed by atoms with Crippen LogP contribution in [0.5, 0.6) is 0 Å². The first-order valence-corrected chi connectivity index (χ1v) is 15.2. The fourth-order valence-corrected chi connectivity index (χ4v) is 8.77. The summed E-state index contributed by atoms with van der Waals surface area (Å²) >= 11 is 0. The van der Waals surface area contributed by atoms with Crippen molar-refractivity contribution in [3.05, 3.63) is 0 Å². The molecular weight excluding hydrogens is 412 g/mol. The monoisotopic (exact) mass is 472 g/mol. The summed E-state index contributed by atoms with van der Waals surface area (Å²) in [7, 11) is 0. The molecule has 0 amide bonds. The molecule has 1 saturated heterocycles. The molecule has 1 aliphatic heterocycles. The van der Waals surface area contributed by atoms with E-state index < -0.39 is 0 Å². The van der Waals surface area contributed by atoms with Gasteiger partial charge in [0, 0.05) is 12.1 Å². The first-order chi connectivity index (χ1) is 15.7. The average Bonchev–Trinajstić information content (AvgIpc) is 3.64. The number of hydrogen-bond acceptors (Lipinski definition) is 2. The average molecular weight is 473 g/mol. The Morgan fingerprint density at radius 1 is 0.882 bits per heavy atom. The minimum absolute atomic E-state index is 0.317. The Balaban J connectivity index is 1.66. The third-order valence-electron chi connectivity index (χ3n) is 13.3. The van der Waals surface area contributed by atoms with E-state index in [1.807, 2.05) is 0 Å². The van der Waals surface area contributed by atoms with Crippen LogP contribution in [-0.4, -0.2) is 25.2 Å². The SMILES string of the molecule is CCNCCC(C)(C)C(C)(CC1CC12CC2C)C(C)(CCC(C)CC)C(C)(C)CC1CC12CN2. The summed E-state index contributed by atoms with van der Waals surface area (Å²) in [6.45, 7) is 29.4. The predicted molar refractivity (Wildman–Crippen MR) is 148 cm³/mol. The molecule has 2 nitrogen and oxygen atoms in total. The van der Waals surface area contributed by atoms with E-state index >= 15 is 0 Å². The van der Waals surface area contributed by atoms with Crippen molar-refractivity contribution in [3.8, 4) is 0 Å². The highest BCUT2D eigenvalue weighted by molar-refractivity contribution is 5.24. The van der Waals surface area contributed by atoms with Crippen LogP contribution in [0.25, 0.3) is 0 Å². The summed E-state index contributed by atoms with van der Waals surface area (Å²) < 4.78 is 0. The van der Waals surface area contributed by atoms with Crippen molar-refractivity contribution in [1.29, 1.82) is 0 Å². The van der Waals surface area contributed by atoms with Gasteiger partial charge in [0.15, 0.2) is 0 Å². The van der Waals surface area contributed by atoms with Gasteiger partial charge in [0.2, 0.25) is 0 Å². The Morgan fingerprint density at radius 2 is 1.53 bits per heavy atom. The Hall–Kier alpha value is -0.0800. The minimum atomic E-state index is 0.317. The molecule has 3 aliphatic carbocycles. The number of rotatable bonds is 15. The van der Waals surface area contributed by atoms with Gasteiger partial charge in [-0.15, -0.1) is 0 Å². The third-order valence-corrected chi connectivity index (χ3v) is 13.3. The van der Waals surface area contributed by atoms with Gasteiger partial charge in [-0.3, -0.25) is 0 Å². The molecule has 4 fully saturated rings. The van der Waals surface area contributed by atoms with Crippen molar-refractivity contribution < 1.29 is 0 Å². The van der Waals surface area contributed by atoms with Crippen LogP contribution in [-0.2, 0) is 0 Å². The van der Waals surface area contributed by atoms with E-state index in [-0.39, 0.29) is 0 Å². The van der Waals surface area contributed by atoms with Crippen LogP contribution < -0.4 is 10.6 Å². The Kier molecular flexibility index (Phi) is 6.94. The lowest BCUT2D eigenvalue weighted by Gasteiger charge is -2.63. The van der Waals surface area contributed by atoms with Gasteiger partial charge in [0.25, 0.3) is 0 Å². The zero-order valence-electron chi connectivity index (χ0n) is 24.8. The second kappa shape index (κ2) is 8.75. The molecule has 0 aromatic carbocycles. The molecule has 2 spiro atoms. The standard InChI is InChI=1S/C32H60N2/c1-11-23(3)13-14-29(9,28(7,8)18-26-21-32(26)22-34-32)30(10,27(5,6)15-16-33-12-2)19-25-20-31(25)17-24(31)4/h23-26,33-34H,11-22H2,1-10H3. The topological polar surface area (TPSA) is 34.0 Å². The molecule has 4 rings (SSSR count). The van der Waals surface area contributed by atoms with Crippen LogP contribution in [0.1, 0.15) is 127 Å². The zero-order valence-corrected chi connectivity index (χ0v) is 24.8. The molecule has 4 aliphatic rings. The number of nitrogens with one attached hydrogen (secondary N) is 2. The first-order valence-electron chi connectivity index (χ1n) is 15.2. The molecule has 0 radical (unpaired) electrons. The highest BCUT2D eigenvalue weighted by atomic mass is 15.2. The van der Waals surface area contributed by atoms with Gasteiger partial charge in [0.1, 0.15) is 0 Å². The van der Waals surface area contributed by atoms with Gasteiger partial charge in [-0.2, -0.15) is 0 Å². The molecule has 0 aromatic rings. The lowest BCUT2D eigenvalue weighted by Crippen LogP contribution is -2.56. The highest BCUT2D eigenvalue weighted by Crippen LogP contribution is 2.79. The van der Waals surface area contributed by atoms with E-state index in [0.717, 1.165) is 42.2 Å². The summed E-state index contributed by atoms with van der Waals surface area (Å²) in [6, 6.07) is 0. The summed E-state index contributed by atoms with van der Waals surface area (Å²) in [5, 5.41) is 7.41. The van der Waals surface area contributed by atoms with E-state index in [2.05, 4.69) is 79.9 Å². The van der Waals surface area contributed by atoms with Gasteiger partial charge in [0.05, 0.1) is 0 Å². The van der Waals surface area contributed by atoms with Gasteiger partial charge >= 0.3 is 0 Å². The highest BCUT2D eigenvalue weighted by Gasteiger charge is 2.72. The van der Waals surface area contributed by atoms with Crippen molar-refractivity contribution in [3.63, 3.8) is 0 Å². The summed E-state index contributed by atoms with van der Waals surface area (Å²) in [5.41, 5.74) is 2.65. The maximum atomic E-state index is 3.73. The van der Waals surface area contributed by atoms with E-state index in [1.54, 1.807) is 0 Å². The summed E-state index contributed by atoms with van der Waals surface area (Å²) in [4.78, 5) is 0. The molecule has 0 aromatic heterocycles. The lowest BCUT2D eigenvalue weighted by atomic mass is 9.42. The van der Waals surface area contributed by atoms with Crippen LogP contribution >= 0.6 is 0 Å². The van der Waals surface area contributed by atoms with Crippen molar-refractivity contribution in [2.24, 2.45) is 50.7 Å². The minimum Gasteiger partial charge on any atom is -0.317 e. The van der Waals surface area contributed by atoms with Gasteiger partial charge < -0.3 is 10.6 Å². The van der Waals surface area contributed by atoms with E-state index in [0.29, 0.717) is 27.2 Å². The molecule has 198 valence electrons. The fraction of sp³-hybridized carbons (Fsp3) is 1.00. The van der Waals surface area contributed by atoms with E-state index in [9.17, 15) is 0 Å². The van der Waals surface area contributed by atoms with Gasteiger partial charge in [-0.1, -0.05) is 82.1 Å². The van der Waals surface area contributed by atoms with Crippen molar-refractivity contribution in [1.82, 2.24) is 10.6 Å². The summed E-state index contributed by atoms with van der Waals surface area (Å²) in [5.74, 6) is 3.70. The molecule has 0 bridgehead atoms. The molecule has 1 heterocycles. The predicted octanol–water partition coefficient (Wildman–Crippen LogP) is 8.07. The molecule has 2 heteroatoms. The molecule has 3 saturated carbocycles. The normalized spacial score (nSPS) is 38.5. The van der Waals surface area contributed by atoms with Crippen LogP contribution in [0.3, 0.4) is 0 Å². The van der Waals surface area contributed by atoms with E-state index in [1.165, 1.54) is 64.3 Å². The summed E-state index contributed by atoms with van der Waals surface area (Å²) in [6.07, 6.45) is 12.7. The molecule has 8 unspecified atom stereocenters. The van der Waals surface area contributed by atoms with Crippen LogP contribution in [0, 0.1) is 50.7 Å². The van der Waals surface area contributed by atoms with Crippen molar-refractivity contribution >= 4 is 0 Å². The van der Waals surface area contributed by atoms with Crippen LogP contribution in [0.4, 0.5) is 0 Å². The lowest BCUT2D eigenvalue weighted by molar-refractivity contribution is -0.142. The van der Waals surface area contributed by atoms with Gasteiger partial charge in [-0.05, 0) is 109 Å². The largest absolute Gasteiger partial charge is 0.317 e. The maximum absolute atomic E-state index is 3.73. The quantitative estimate of drug-likeness (QED) is 0.187. The second-order valence-electron chi connectivity index (χ2n) is 15.6. The zero-order chi connectivity index (χ0) is 25.2. The Labute approximate surface area is 213 Å². The molecule has 34 heavy (non-hydrogen) atoms. The fourth-order valence-electron chi connectivity index (χ4n) is 8.77. The van der Waals surface area contributed by atoms with Crippen LogP contribution in [0.15, 0.2) is 0 Å².